The number of hydrogen-bond acceptors (Lipinski definition) is 3. The van der Waals surface area contributed by atoms with E-state index >= 15 is 0 Å². The van der Waals surface area contributed by atoms with E-state index in [2.05, 4.69) is 24.1 Å². The van der Waals surface area contributed by atoms with E-state index in [-0.39, 0.29) is 5.56 Å². The first kappa shape index (κ1) is 13.9. The van der Waals surface area contributed by atoms with E-state index in [1.54, 1.807) is 17.0 Å². The Labute approximate surface area is 103 Å². The number of rotatable bonds is 7. The van der Waals surface area contributed by atoms with Crippen molar-refractivity contribution >= 4 is 0 Å². The number of nitrogens with zero attached hydrogens (tertiary/aromatic N) is 2. The van der Waals surface area contributed by atoms with Crippen molar-refractivity contribution in [1.29, 1.82) is 0 Å². The summed E-state index contributed by atoms with van der Waals surface area (Å²) in [7, 11) is 0. The van der Waals surface area contributed by atoms with Crippen molar-refractivity contribution in [2.24, 2.45) is 0 Å². The molecule has 0 radical (unpaired) electrons. The van der Waals surface area contributed by atoms with E-state index in [0.717, 1.165) is 31.5 Å². The van der Waals surface area contributed by atoms with Gasteiger partial charge in [0, 0.05) is 24.3 Å². The Morgan fingerprint density at radius 2 is 2.18 bits per heavy atom. The molecule has 0 aliphatic heterocycles. The maximum absolute atomic E-state index is 11.7. The summed E-state index contributed by atoms with van der Waals surface area (Å²) in [5.41, 5.74) is 0.816. The molecule has 1 atom stereocenters. The van der Waals surface area contributed by atoms with Gasteiger partial charge >= 0.3 is 0 Å². The molecule has 0 aliphatic carbocycles. The summed E-state index contributed by atoms with van der Waals surface area (Å²) in [6.07, 6.45) is 4.96. The predicted molar refractivity (Wildman–Crippen MR) is 70.2 cm³/mol. The number of nitrogens with one attached hydrogen (secondary N) is 1. The fraction of sp³-hybridized carbons (Fsp3) is 0.692. The van der Waals surface area contributed by atoms with Gasteiger partial charge in [0.15, 0.2) is 0 Å². The summed E-state index contributed by atoms with van der Waals surface area (Å²) < 4.78 is 1.69. The van der Waals surface area contributed by atoms with E-state index in [1.165, 1.54) is 0 Å². The van der Waals surface area contributed by atoms with E-state index in [1.807, 2.05) is 6.92 Å². The van der Waals surface area contributed by atoms with Gasteiger partial charge in [-0.05, 0) is 26.3 Å². The molecule has 0 spiro atoms. The first-order valence-corrected chi connectivity index (χ1v) is 6.43. The van der Waals surface area contributed by atoms with Gasteiger partial charge in [-0.25, -0.2) is 4.98 Å². The van der Waals surface area contributed by atoms with Gasteiger partial charge in [-0.15, -0.1) is 0 Å². The summed E-state index contributed by atoms with van der Waals surface area (Å²) in [6, 6.07) is 1.95. The highest BCUT2D eigenvalue weighted by Crippen LogP contribution is 1.99. The first-order valence-electron chi connectivity index (χ1n) is 6.43. The van der Waals surface area contributed by atoms with Crippen LogP contribution in [0.3, 0.4) is 0 Å². The molecular weight excluding hydrogens is 214 g/mol. The van der Waals surface area contributed by atoms with Gasteiger partial charge < -0.3 is 5.32 Å². The van der Waals surface area contributed by atoms with Crippen LogP contribution in [0.4, 0.5) is 0 Å². The van der Waals surface area contributed by atoms with Crippen LogP contribution in [0.5, 0.6) is 0 Å². The van der Waals surface area contributed by atoms with E-state index in [0.29, 0.717) is 12.6 Å². The fourth-order valence-electron chi connectivity index (χ4n) is 1.85. The van der Waals surface area contributed by atoms with Gasteiger partial charge in [-0.1, -0.05) is 20.3 Å². The maximum atomic E-state index is 11.7. The van der Waals surface area contributed by atoms with Crippen molar-refractivity contribution in [3.63, 3.8) is 0 Å². The SMILES string of the molecule is CCCNC(CCC)Cn1cnc(C)cc1=O. The Bertz CT molecular complexity index is 386. The summed E-state index contributed by atoms with van der Waals surface area (Å²) in [5, 5.41) is 3.47. The summed E-state index contributed by atoms with van der Waals surface area (Å²) in [6.45, 7) is 7.86. The van der Waals surface area contributed by atoms with Crippen molar-refractivity contribution in [2.45, 2.75) is 52.6 Å². The van der Waals surface area contributed by atoms with Crippen molar-refractivity contribution < 1.29 is 0 Å². The smallest absolute Gasteiger partial charge is 0.253 e. The molecule has 96 valence electrons. The predicted octanol–water partition coefficient (Wildman–Crippen LogP) is 1.72. The minimum atomic E-state index is 0.0388. The van der Waals surface area contributed by atoms with E-state index in [9.17, 15) is 4.79 Å². The molecule has 0 amide bonds. The van der Waals surface area contributed by atoms with Crippen LogP contribution in [-0.2, 0) is 6.54 Å². The van der Waals surface area contributed by atoms with Crippen LogP contribution in [0.15, 0.2) is 17.2 Å². The van der Waals surface area contributed by atoms with Crippen molar-refractivity contribution in [3.8, 4) is 0 Å². The van der Waals surface area contributed by atoms with Gasteiger partial charge in [0.2, 0.25) is 0 Å². The number of aryl methyl sites for hydroxylation is 1. The van der Waals surface area contributed by atoms with Gasteiger partial charge in [0.1, 0.15) is 0 Å². The average molecular weight is 237 g/mol. The fourth-order valence-corrected chi connectivity index (χ4v) is 1.85. The first-order chi connectivity index (χ1) is 8.17. The van der Waals surface area contributed by atoms with Crippen LogP contribution in [0.25, 0.3) is 0 Å². The minimum absolute atomic E-state index is 0.0388. The molecule has 0 fully saturated rings. The molecule has 1 heterocycles. The number of hydrogen-bond donors (Lipinski definition) is 1. The Hall–Kier alpha value is -1.16. The molecule has 0 aliphatic rings. The minimum Gasteiger partial charge on any atom is -0.312 e. The second kappa shape index (κ2) is 7.22. The second-order valence-electron chi connectivity index (χ2n) is 4.46. The lowest BCUT2D eigenvalue weighted by atomic mass is 10.1. The summed E-state index contributed by atoms with van der Waals surface area (Å²) in [4.78, 5) is 15.9. The van der Waals surface area contributed by atoms with Crippen LogP contribution >= 0.6 is 0 Å². The quantitative estimate of drug-likeness (QED) is 0.785. The van der Waals surface area contributed by atoms with Gasteiger partial charge in [-0.2, -0.15) is 0 Å². The molecule has 17 heavy (non-hydrogen) atoms. The average Bonchev–Trinajstić information content (AvgIpc) is 2.29. The zero-order chi connectivity index (χ0) is 12.7. The molecule has 1 rings (SSSR count). The molecular formula is C13H23N3O. The van der Waals surface area contributed by atoms with Gasteiger partial charge in [0.05, 0.1) is 6.33 Å². The van der Waals surface area contributed by atoms with Crippen LogP contribution in [0.2, 0.25) is 0 Å². The third-order valence-electron chi connectivity index (χ3n) is 2.75. The maximum Gasteiger partial charge on any atom is 0.253 e. The zero-order valence-electron chi connectivity index (χ0n) is 11.1. The number of aromatic nitrogens is 2. The lowest BCUT2D eigenvalue weighted by Crippen LogP contribution is -2.37. The van der Waals surface area contributed by atoms with Gasteiger partial charge in [-0.3, -0.25) is 9.36 Å². The third-order valence-corrected chi connectivity index (χ3v) is 2.75. The van der Waals surface area contributed by atoms with Gasteiger partial charge in [0.25, 0.3) is 5.56 Å². The Morgan fingerprint density at radius 3 is 2.76 bits per heavy atom. The second-order valence-corrected chi connectivity index (χ2v) is 4.46. The van der Waals surface area contributed by atoms with E-state index < -0.39 is 0 Å². The Morgan fingerprint density at radius 1 is 1.41 bits per heavy atom. The van der Waals surface area contributed by atoms with Crippen LogP contribution in [-0.4, -0.2) is 22.1 Å². The molecule has 1 N–H and O–H groups in total. The monoisotopic (exact) mass is 237 g/mol. The third kappa shape index (κ3) is 4.69. The highest BCUT2D eigenvalue weighted by molar-refractivity contribution is 4.96. The highest BCUT2D eigenvalue weighted by atomic mass is 16.1. The molecule has 1 aromatic rings. The summed E-state index contributed by atoms with van der Waals surface area (Å²) in [5.74, 6) is 0. The highest BCUT2D eigenvalue weighted by Gasteiger charge is 2.08. The Balaban J connectivity index is 2.67. The largest absolute Gasteiger partial charge is 0.312 e. The molecule has 0 saturated carbocycles. The molecule has 1 aromatic heterocycles. The Kier molecular flexibility index (Phi) is 5.91. The van der Waals surface area contributed by atoms with Crippen molar-refractivity contribution in [1.82, 2.24) is 14.9 Å². The normalized spacial score (nSPS) is 12.6. The standard InChI is InChI=1S/C13H23N3O/c1-4-6-12(14-7-5-2)9-16-10-15-11(3)8-13(16)17/h8,10,12,14H,4-7,9H2,1-3H3. The molecule has 4 nitrogen and oxygen atoms in total. The summed E-state index contributed by atoms with van der Waals surface area (Å²) >= 11 is 0. The molecule has 0 saturated heterocycles. The van der Waals surface area contributed by atoms with Crippen LogP contribution in [0, 0.1) is 6.92 Å². The lowest BCUT2D eigenvalue weighted by Gasteiger charge is -2.18. The van der Waals surface area contributed by atoms with Crippen molar-refractivity contribution in [2.75, 3.05) is 6.54 Å². The molecule has 4 heteroatoms. The van der Waals surface area contributed by atoms with E-state index in [4.69, 9.17) is 0 Å². The van der Waals surface area contributed by atoms with Crippen LogP contribution < -0.4 is 10.9 Å². The molecule has 0 bridgehead atoms. The topological polar surface area (TPSA) is 46.9 Å². The van der Waals surface area contributed by atoms with Crippen LogP contribution in [0.1, 0.15) is 38.8 Å². The molecule has 0 aromatic carbocycles. The lowest BCUT2D eigenvalue weighted by molar-refractivity contribution is 0.412. The molecule has 1 unspecified atom stereocenters. The van der Waals surface area contributed by atoms with Crippen molar-refractivity contribution in [3.05, 3.63) is 28.4 Å². The zero-order valence-corrected chi connectivity index (χ0v) is 11.1.